The second kappa shape index (κ2) is 9.63. The zero-order valence-corrected chi connectivity index (χ0v) is 11.0. The third-order valence-electron chi connectivity index (χ3n) is 2.56. The van der Waals surface area contributed by atoms with Crippen LogP contribution in [0.4, 0.5) is 0 Å². The number of hydrogen-bond acceptors (Lipinski definition) is 4. The zero-order valence-electron chi connectivity index (χ0n) is 11.0. The summed E-state index contributed by atoms with van der Waals surface area (Å²) >= 11 is 0. The van der Waals surface area contributed by atoms with Crippen molar-refractivity contribution in [1.29, 1.82) is 0 Å². The van der Waals surface area contributed by atoms with Gasteiger partial charge in [0.05, 0.1) is 19.4 Å². The van der Waals surface area contributed by atoms with Crippen molar-refractivity contribution in [3.05, 3.63) is 12.4 Å². The number of aromatic nitrogens is 3. The van der Waals surface area contributed by atoms with Gasteiger partial charge in [0.25, 0.3) is 0 Å². The maximum atomic E-state index is 5.95. The summed E-state index contributed by atoms with van der Waals surface area (Å²) in [4.78, 5) is 0. The number of unbranched alkanes of at least 4 members (excludes halogenated alkanes) is 1. The molecule has 0 saturated carbocycles. The van der Waals surface area contributed by atoms with Crippen molar-refractivity contribution >= 4 is 0 Å². The molecular weight excluding hydrogens is 228 g/mol. The van der Waals surface area contributed by atoms with Crippen molar-refractivity contribution in [3.63, 3.8) is 0 Å². The van der Waals surface area contributed by atoms with E-state index in [1.165, 1.54) is 0 Å². The Hall–Kier alpha value is -1.38. The molecule has 1 aromatic rings. The molecule has 100 valence electrons. The second-order valence-electron chi connectivity index (χ2n) is 4.17. The van der Waals surface area contributed by atoms with Crippen LogP contribution in [0.1, 0.15) is 32.6 Å². The molecule has 0 amide bonds. The minimum Gasteiger partial charge on any atom is -0.379 e. The Morgan fingerprint density at radius 3 is 3.06 bits per heavy atom. The second-order valence-corrected chi connectivity index (χ2v) is 4.17. The Kier molecular flexibility index (Phi) is 7.85. The van der Waals surface area contributed by atoms with Gasteiger partial charge < -0.3 is 10.5 Å². The maximum Gasteiger partial charge on any atom is 0.0692 e. The Labute approximate surface area is 109 Å². The molecule has 0 aromatic carbocycles. The van der Waals surface area contributed by atoms with E-state index in [1.54, 1.807) is 6.20 Å². The van der Waals surface area contributed by atoms with Crippen molar-refractivity contribution < 1.29 is 4.74 Å². The highest BCUT2D eigenvalue weighted by Gasteiger charge is 2.02. The first kappa shape index (κ1) is 14.7. The zero-order chi connectivity index (χ0) is 13.1. The molecule has 0 aliphatic rings. The third kappa shape index (κ3) is 7.05. The molecular formula is C13H22N4O. The van der Waals surface area contributed by atoms with E-state index in [1.807, 2.05) is 17.8 Å². The van der Waals surface area contributed by atoms with Gasteiger partial charge in [-0.3, -0.25) is 4.68 Å². The van der Waals surface area contributed by atoms with Gasteiger partial charge in [-0.1, -0.05) is 5.21 Å². The number of hydrogen-bond donors (Lipinski definition) is 1. The average Bonchev–Trinajstić information content (AvgIpc) is 2.87. The third-order valence-corrected chi connectivity index (χ3v) is 2.56. The average molecular weight is 250 g/mol. The molecule has 0 spiro atoms. The van der Waals surface area contributed by atoms with E-state index in [-0.39, 0.29) is 6.04 Å². The normalized spacial score (nSPS) is 11.9. The molecule has 0 aliphatic carbocycles. The van der Waals surface area contributed by atoms with Crippen LogP contribution in [-0.2, 0) is 11.3 Å². The van der Waals surface area contributed by atoms with Gasteiger partial charge in [0.15, 0.2) is 0 Å². The van der Waals surface area contributed by atoms with E-state index in [9.17, 15) is 0 Å². The van der Waals surface area contributed by atoms with Gasteiger partial charge in [-0.05, 0) is 26.2 Å². The summed E-state index contributed by atoms with van der Waals surface area (Å²) in [7, 11) is 0. The fourth-order valence-electron chi connectivity index (χ4n) is 1.60. The first-order chi connectivity index (χ1) is 8.83. The lowest BCUT2D eigenvalue weighted by molar-refractivity contribution is 0.123. The number of nitrogens with zero attached hydrogens (tertiary/aromatic N) is 3. The van der Waals surface area contributed by atoms with Crippen molar-refractivity contribution in [2.24, 2.45) is 5.73 Å². The lowest BCUT2D eigenvalue weighted by Gasteiger charge is -2.11. The van der Waals surface area contributed by atoms with Crippen LogP contribution in [-0.4, -0.2) is 34.2 Å². The van der Waals surface area contributed by atoms with Gasteiger partial charge in [0, 0.05) is 25.2 Å². The molecule has 1 rings (SSSR count). The van der Waals surface area contributed by atoms with Gasteiger partial charge in [0.2, 0.25) is 0 Å². The molecule has 0 radical (unpaired) electrons. The van der Waals surface area contributed by atoms with Gasteiger partial charge >= 0.3 is 0 Å². The van der Waals surface area contributed by atoms with Crippen LogP contribution in [0.15, 0.2) is 12.4 Å². The molecule has 0 fully saturated rings. The van der Waals surface area contributed by atoms with E-state index in [2.05, 4.69) is 22.2 Å². The monoisotopic (exact) mass is 250 g/mol. The molecule has 2 N–H and O–H groups in total. The van der Waals surface area contributed by atoms with E-state index >= 15 is 0 Å². The summed E-state index contributed by atoms with van der Waals surface area (Å²) < 4.78 is 7.28. The van der Waals surface area contributed by atoms with Crippen LogP contribution in [0.25, 0.3) is 0 Å². The van der Waals surface area contributed by atoms with Crippen LogP contribution in [0.2, 0.25) is 0 Å². The van der Waals surface area contributed by atoms with Crippen molar-refractivity contribution in [2.75, 3.05) is 13.2 Å². The molecule has 0 aliphatic heterocycles. The summed E-state index contributed by atoms with van der Waals surface area (Å²) in [6.45, 7) is 4.03. The van der Waals surface area contributed by atoms with Gasteiger partial charge in [-0.25, -0.2) is 0 Å². The minimum atomic E-state index is 0.121. The van der Waals surface area contributed by atoms with E-state index in [0.29, 0.717) is 13.2 Å². The van der Waals surface area contributed by atoms with Gasteiger partial charge in [0.1, 0.15) is 0 Å². The first-order valence-electron chi connectivity index (χ1n) is 6.40. The fourth-order valence-corrected chi connectivity index (χ4v) is 1.60. The summed E-state index contributed by atoms with van der Waals surface area (Å²) in [5.74, 6) is 5.79. The molecule has 18 heavy (non-hydrogen) atoms. The van der Waals surface area contributed by atoms with E-state index in [0.717, 1.165) is 32.2 Å². The highest BCUT2D eigenvalue weighted by molar-refractivity contribution is 4.94. The van der Waals surface area contributed by atoms with E-state index in [4.69, 9.17) is 10.5 Å². The lowest BCUT2D eigenvalue weighted by Crippen LogP contribution is -2.26. The number of nitrogens with two attached hydrogens (primary N) is 1. The van der Waals surface area contributed by atoms with Crippen LogP contribution >= 0.6 is 0 Å². The molecule has 5 nitrogen and oxygen atoms in total. The van der Waals surface area contributed by atoms with Crippen molar-refractivity contribution in [2.45, 2.75) is 45.2 Å². The predicted octanol–water partition coefficient (Wildman–Crippen LogP) is 1.21. The Balaban J connectivity index is 1.92. The fraction of sp³-hybridized carbons (Fsp3) is 0.692. The Morgan fingerprint density at radius 2 is 2.33 bits per heavy atom. The first-order valence-corrected chi connectivity index (χ1v) is 6.40. The summed E-state index contributed by atoms with van der Waals surface area (Å²) in [5, 5.41) is 7.67. The topological polar surface area (TPSA) is 66.0 Å². The molecule has 0 bridgehead atoms. The predicted molar refractivity (Wildman–Crippen MR) is 70.7 cm³/mol. The summed E-state index contributed by atoms with van der Waals surface area (Å²) in [6, 6.07) is 0.121. The molecule has 1 atom stereocenters. The Morgan fingerprint density at radius 1 is 1.44 bits per heavy atom. The highest BCUT2D eigenvalue weighted by Crippen LogP contribution is 2.01. The van der Waals surface area contributed by atoms with Crippen LogP contribution in [0, 0.1) is 11.8 Å². The smallest absolute Gasteiger partial charge is 0.0692 e. The molecule has 0 saturated heterocycles. The van der Waals surface area contributed by atoms with Crippen molar-refractivity contribution in [3.8, 4) is 11.8 Å². The molecule has 1 aromatic heterocycles. The lowest BCUT2D eigenvalue weighted by atomic mass is 10.1. The Bertz CT molecular complexity index is 353. The van der Waals surface area contributed by atoms with Gasteiger partial charge in [-0.15, -0.1) is 16.9 Å². The molecule has 5 heteroatoms. The summed E-state index contributed by atoms with van der Waals surface area (Å²) in [5.41, 5.74) is 5.95. The van der Waals surface area contributed by atoms with Crippen LogP contribution in [0.5, 0.6) is 0 Å². The summed E-state index contributed by atoms with van der Waals surface area (Å²) in [6.07, 6.45) is 7.48. The number of ether oxygens (including phenoxy) is 1. The van der Waals surface area contributed by atoms with Crippen LogP contribution in [0.3, 0.4) is 0 Å². The van der Waals surface area contributed by atoms with Crippen LogP contribution < -0.4 is 5.73 Å². The standard InChI is InChI=1S/C13H22N4O/c1-2-3-6-11-18-12-13(14)7-4-5-9-17-10-8-15-16-17/h8,10,13H,4-7,9,11-12,14H2,1H3. The minimum absolute atomic E-state index is 0.121. The number of rotatable bonds is 9. The maximum absolute atomic E-state index is 5.95. The van der Waals surface area contributed by atoms with E-state index < -0.39 is 0 Å². The number of aryl methyl sites for hydroxylation is 1. The van der Waals surface area contributed by atoms with Gasteiger partial charge in [-0.2, -0.15) is 0 Å². The van der Waals surface area contributed by atoms with Crippen molar-refractivity contribution in [1.82, 2.24) is 15.0 Å². The highest BCUT2D eigenvalue weighted by atomic mass is 16.5. The SMILES string of the molecule is CC#CCCOCC(N)CCCCn1ccnn1. The molecule has 1 unspecified atom stereocenters. The largest absolute Gasteiger partial charge is 0.379 e. The molecule has 1 heterocycles. The quantitative estimate of drug-likeness (QED) is 0.528.